The number of hydrogen-bond donors (Lipinski definition) is 0. The molecule has 0 fully saturated rings. The van der Waals surface area contributed by atoms with E-state index in [-0.39, 0.29) is 0 Å². The van der Waals surface area contributed by atoms with Gasteiger partial charge in [-0.05, 0) is 70.8 Å². The zero-order valence-electron chi connectivity index (χ0n) is 30.1. The SMILES string of the molecule is c1ccc(-c2nc(-c3ccc(-c4ccncc4)cc3)cc(-c3cc(-c4cccc5c4oc4ccccc45)cc(-c4cccc5c4oc4ccccc45)c3)n2)cc1. The molecule has 56 heavy (non-hydrogen) atoms. The highest BCUT2D eigenvalue weighted by molar-refractivity contribution is 6.11. The molecule has 4 aromatic heterocycles. The lowest BCUT2D eigenvalue weighted by atomic mass is 9.93. The molecule has 5 heteroatoms. The maximum atomic E-state index is 6.59. The van der Waals surface area contributed by atoms with E-state index in [1.165, 1.54) is 0 Å². The molecule has 0 atom stereocenters. The summed E-state index contributed by atoms with van der Waals surface area (Å²) in [5.41, 5.74) is 14.2. The van der Waals surface area contributed by atoms with Gasteiger partial charge in [-0.3, -0.25) is 4.98 Å². The van der Waals surface area contributed by atoms with Crippen LogP contribution in [0.3, 0.4) is 0 Å². The molecule has 0 saturated carbocycles. The Morgan fingerprint density at radius 3 is 1.41 bits per heavy atom. The predicted molar refractivity (Wildman–Crippen MR) is 227 cm³/mol. The van der Waals surface area contributed by atoms with E-state index in [0.717, 1.165) is 105 Å². The Morgan fingerprint density at radius 2 is 0.804 bits per heavy atom. The molecule has 0 saturated heterocycles. The van der Waals surface area contributed by atoms with Crippen LogP contribution in [0.5, 0.6) is 0 Å². The van der Waals surface area contributed by atoms with Crippen LogP contribution in [-0.4, -0.2) is 15.0 Å². The minimum atomic E-state index is 0.655. The van der Waals surface area contributed by atoms with E-state index in [9.17, 15) is 0 Å². The van der Waals surface area contributed by atoms with Crippen molar-refractivity contribution < 1.29 is 8.83 Å². The topological polar surface area (TPSA) is 65.0 Å². The fourth-order valence-corrected chi connectivity index (χ4v) is 7.87. The molecular formula is C51H31N3O2. The van der Waals surface area contributed by atoms with Gasteiger partial charge in [0.25, 0.3) is 0 Å². The fraction of sp³-hybridized carbons (Fsp3) is 0. The molecular weight excluding hydrogens is 687 g/mol. The maximum Gasteiger partial charge on any atom is 0.160 e. The van der Waals surface area contributed by atoms with Gasteiger partial charge in [-0.2, -0.15) is 0 Å². The Kier molecular flexibility index (Phi) is 7.42. The lowest BCUT2D eigenvalue weighted by Gasteiger charge is -2.14. The lowest BCUT2D eigenvalue weighted by molar-refractivity contribution is 0.670. The van der Waals surface area contributed by atoms with Crippen LogP contribution < -0.4 is 0 Å². The standard InChI is InChI=1S/C51H31N3O2/c1-2-10-35(11-3-1)51-53-45(34-22-20-32(21-23-34)33-24-26-52-27-25-33)31-46(54-51)38-29-36(39-14-8-16-43-41-12-4-6-18-47(41)55-49(39)43)28-37(30-38)40-15-9-17-44-42-13-5-7-19-48(42)56-50(40)44/h1-31H. The van der Waals surface area contributed by atoms with Gasteiger partial charge >= 0.3 is 0 Å². The zero-order valence-corrected chi connectivity index (χ0v) is 30.1. The molecule has 0 N–H and O–H groups in total. The van der Waals surface area contributed by atoms with Gasteiger partial charge in [0, 0.05) is 61.8 Å². The molecule has 0 bridgehead atoms. The van der Waals surface area contributed by atoms with Gasteiger partial charge in [-0.1, -0.05) is 127 Å². The minimum Gasteiger partial charge on any atom is -0.455 e. The third kappa shape index (κ3) is 5.45. The molecule has 11 aromatic rings. The molecule has 4 heterocycles. The Bertz CT molecular complexity index is 3110. The van der Waals surface area contributed by atoms with Crippen molar-refractivity contribution in [2.24, 2.45) is 0 Å². The summed E-state index contributed by atoms with van der Waals surface area (Å²) in [6.07, 6.45) is 3.63. The second-order valence-electron chi connectivity index (χ2n) is 14.0. The van der Waals surface area contributed by atoms with Crippen LogP contribution >= 0.6 is 0 Å². The molecule has 0 unspecified atom stereocenters. The fourth-order valence-electron chi connectivity index (χ4n) is 7.87. The number of furan rings is 2. The average molecular weight is 718 g/mol. The van der Waals surface area contributed by atoms with Gasteiger partial charge in [0.15, 0.2) is 5.82 Å². The number of hydrogen-bond acceptors (Lipinski definition) is 5. The van der Waals surface area contributed by atoms with Crippen LogP contribution in [-0.2, 0) is 0 Å². The number of fused-ring (bicyclic) bond motifs is 6. The summed E-state index contributed by atoms with van der Waals surface area (Å²) < 4.78 is 13.2. The van der Waals surface area contributed by atoms with Gasteiger partial charge < -0.3 is 8.83 Å². The van der Waals surface area contributed by atoms with Crippen LogP contribution in [0.25, 0.3) is 111 Å². The van der Waals surface area contributed by atoms with E-state index >= 15 is 0 Å². The van der Waals surface area contributed by atoms with Crippen molar-refractivity contribution in [3.63, 3.8) is 0 Å². The molecule has 0 spiro atoms. The van der Waals surface area contributed by atoms with Gasteiger partial charge in [0.2, 0.25) is 0 Å². The Hall–Kier alpha value is -7.63. The highest BCUT2D eigenvalue weighted by Crippen LogP contribution is 2.42. The molecule has 262 valence electrons. The largest absolute Gasteiger partial charge is 0.455 e. The number of pyridine rings is 1. The first kappa shape index (κ1) is 31.9. The third-order valence-corrected chi connectivity index (χ3v) is 10.6. The summed E-state index contributed by atoms with van der Waals surface area (Å²) in [4.78, 5) is 14.6. The molecule has 5 nitrogen and oxygen atoms in total. The minimum absolute atomic E-state index is 0.655. The van der Waals surface area contributed by atoms with E-state index in [2.05, 4.69) is 126 Å². The smallest absolute Gasteiger partial charge is 0.160 e. The van der Waals surface area contributed by atoms with Crippen LogP contribution in [0.4, 0.5) is 0 Å². The van der Waals surface area contributed by atoms with Crippen molar-refractivity contribution in [1.82, 2.24) is 15.0 Å². The van der Waals surface area contributed by atoms with Crippen LogP contribution in [0.2, 0.25) is 0 Å². The first-order chi connectivity index (χ1) is 27.7. The molecule has 0 radical (unpaired) electrons. The second-order valence-corrected chi connectivity index (χ2v) is 14.0. The quantitative estimate of drug-likeness (QED) is 0.171. The Morgan fingerprint density at radius 1 is 0.321 bits per heavy atom. The lowest BCUT2D eigenvalue weighted by Crippen LogP contribution is -1.96. The Balaban J connectivity index is 1.15. The summed E-state index contributed by atoms with van der Waals surface area (Å²) in [6.45, 7) is 0. The number of para-hydroxylation sites is 4. The Labute approximate surface area is 322 Å². The van der Waals surface area contributed by atoms with Crippen molar-refractivity contribution >= 4 is 43.9 Å². The van der Waals surface area contributed by atoms with E-state index in [4.69, 9.17) is 18.8 Å². The number of rotatable bonds is 6. The van der Waals surface area contributed by atoms with E-state index in [0.29, 0.717) is 5.82 Å². The predicted octanol–water partition coefficient (Wildman–Crippen LogP) is 13.7. The van der Waals surface area contributed by atoms with Gasteiger partial charge in [0.05, 0.1) is 11.4 Å². The van der Waals surface area contributed by atoms with Crippen molar-refractivity contribution in [1.29, 1.82) is 0 Å². The van der Waals surface area contributed by atoms with Crippen molar-refractivity contribution in [3.8, 4) is 67.3 Å². The number of benzene rings is 7. The average Bonchev–Trinajstić information content (AvgIpc) is 3.86. The summed E-state index contributed by atoms with van der Waals surface area (Å²) in [6, 6.07) is 60.7. The summed E-state index contributed by atoms with van der Waals surface area (Å²) in [5.74, 6) is 0.655. The molecule has 11 rings (SSSR count). The molecule has 7 aromatic carbocycles. The van der Waals surface area contributed by atoms with E-state index < -0.39 is 0 Å². The monoisotopic (exact) mass is 717 g/mol. The van der Waals surface area contributed by atoms with Crippen LogP contribution in [0.15, 0.2) is 197 Å². The molecule has 0 aliphatic carbocycles. The van der Waals surface area contributed by atoms with E-state index in [1.54, 1.807) is 0 Å². The van der Waals surface area contributed by atoms with Crippen molar-refractivity contribution in [3.05, 3.63) is 188 Å². The van der Waals surface area contributed by atoms with Crippen LogP contribution in [0, 0.1) is 0 Å². The third-order valence-electron chi connectivity index (χ3n) is 10.6. The van der Waals surface area contributed by atoms with Gasteiger partial charge in [-0.15, -0.1) is 0 Å². The maximum absolute atomic E-state index is 6.59. The molecule has 0 aliphatic heterocycles. The first-order valence-electron chi connectivity index (χ1n) is 18.7. The highest BCUT2D eigenvalue weighted by atomic mass is 16.3. The van der Waals surface area contributed by atoms with Crippen molar-refractivity contribution in [2.45, 2.75) is 0 Å². The zero-order chi connectivity index (χ0) is 37.0. The van der Waals surface area contributed by atoms with Gasteiger partial charge in [0.1, 0.15) is 22.3 Å². The molecule has 0 amide bonds. The summed E-state index contributed by atoms with van der Waals surface area (Å²) >= 11 is 0. The molecule has 0 aliphatic rings. The first-order valence-corrected chi connectivity index (χ1v) is 18.7. The highest BCUT2D eigenvalue weighted by Gasteiger charge is 2.19. The number of nitrogens with zero attached hydrogens (tertiary/aromatic N) is 3. The summed E-state index contributed by atoms with van der Waals surface area (Å²) in [7, 11) is 0. The van der Waals surface area contributed by atoms with Crippen LogP contribution in [0.1, 0.15) is 0 Å². The van der Waals surface area contributed by atoms with Crippen molar-refractivity contribution in [2.75, 3.05) is 0 Å². The van der Waals surface area contributed by atoms with E-state index in [1.807, 2.05) is 67.0 Å². The normalized spacial score (nSPS) is 11.6. The van der Waals surface area contributed by atoms with Gasteiger partial charge in [-0.25, -0.2) is 9.97 Å². The second kappa shape index (κ2) is 13.0. The summed E-state index contributed by atoms with van der Waals surface area (Å²) in [5, 5.41) is 4.34. The number of aromatic nitrogens is 3.